The Morgan fingerprint density at radius 1 is 1.33 bits per heavy atom. The number of benzene rings is 1. The van der Waals surface area contributed by atoms with Crippen LogP contribution in [0.4, 0.5) is 5.69 Å². The number of nitrogens with two attached hydrogens (primary N) is 1. The molecule has 0 aromatic heterocycles. The minimum atomic E-state index is -1.91. The number of hydrogen-bond donors (Lipinski definition) is 2. The van der Waals surface area contributed by atoms with Crippen LogP contribution in [0.15, 0.2) is 17.0 Å². The molecule has 3 N–H and O–H groups in total. The molecular weight excluding hydrogens is 174 g/mol. The Kier molecular flexibility index (Phi) is 2.49. The first-order valence-corrected chi connectivity index (χ1v) is 4.60. The fourth-order valence-electron chi connectivity index (χ4n) is 1.04. The highest BCUT2D eigenvalue weighted by Gasteiger charge is 2.04. The Morgan fingerprint density at radius 3 is 2.08 bits per heavy atom. The molecule has 0 fully saturated rings. The fourth-order valence-corrected chi connectivity index (χ4v) is 1.59. The van der Waals surface area contributed by atoms with E-state index in [0.29, 0.717) is 10.6 Å². The Bertz CT molecular complexity index is 313. The van der Waals surface area contributed by atoms with Crippen LogP contribution in [0.3, 0.4) is 0 Å². The topological polar surface area (TPSA) is 63.3 Å². The van der Waals surface area contributed by atoms with E-state index in [9.17, 15) is 4.21 Å². The van der Waals surface area contributed by atoms with Gasteiger partial charge in [-0.2, -0.15) is 0 Å². The van der Waals surface area contributed by atoms with Crippen molar-refractivity contribution in [3.05, 3.63) is 23.3 Å². The van der Waals surface area contributed by atoms with Crippen LogP contribution in [-0.2, 0) is 11.1 Å². The zero-order valence-corrected chi connectivity index (χ0v) is 7.81. The number of hydrogen-bond acceptors (Lipinski definition) is 2. The lowest BCUT2D eigenvalue weighted by atomic mass is 10.1. The maximum absolute atomic E-state index is 10.7. The summed E-state index contributed by atoms with van der Waals surface area (Å²) in [6.45, 7) is 3.64. The molecule has 0 saturated heterocycles. The third-order valence-corrected chi connectivity index (χ3v) is 2.41. The Morgan fingerprint density at radius 2 is 1.75 bits per heavy atom. The lowest BCUT2D eigenvalue weighted by Crippen LogP contribution is -1.97. The Labute approximate surface area is 73.9 Å². The average molecular weight is 185 g/mol. The molecule has 0 spiro atoms. The van der Waals surface area contributed by atoms with Gasteiger partial charge in [0.25, 0.3) is 0 Å². The first kappa shape index (κ1) is 9.22. The SMILES string of the molecule is Cc1cc(S(=O)O)cc(C)c1N. The Balaban J connectivity index is 3.31. The molecule has 0 bridgehead atoms. The summed E-state index contributed by atoms with van der Waals surface area (Å²) in [4.78, 5) is 0.402. The molecule has 66 valence electrons. The molecular formula is C8H11NO2S. The van der Waals surface area contributed by atoms with Crippen molar-refractivity contribution in [1.82, 2.24) is 0 Å². The van der Waals surface area contributed by atoms with E-state index >= 15 is 0 Å². The van der Waals surface area contributed by atoms with Crippen LogP contribution in [0.1, 0.15) is 11.1 Å². The van der Waals surface area contributed by atoms with Gasteiger partial charge in [-0.15, -0.1) is 0 Å². The molecule has 4 heteroatoms. The lowest BCUT2D eigenvalue weighted by Gasteiger charge is -2.05. The zero-order valence-electron chi connectivity index (χ0n) is 7.00. The summed E-state index contributed by atoms with van der Waals surface area (Å²) < 4.78 is 19.5. The van der Waals surface area contributed by atoms with Crippen molar-refractivity contribution in [2.24, 2.45) is 0 Å². The van der Waals surface area contributed by atoms with Crippen molar-refractivity contribution in [3.8, 4) is 0 Å². The number of nitrogen functional groups attached to an aromatic ring is 1. The van der Waals surface area contributed by atoms with E-state index in [-0.39, 0.29) is 0 Å². The molecule has 0 heterocycles. The molecule has 0 amide bonds. The van der Waals surface area contributed by atoms with Crippen molar-refractivity contribution in [2.45, 2.75) is 18.7 Å². The van der Waals surface area contributed by atoms with Crippen LogP contribution in [0, 0.1) is 13.8 Å². The molecule has 0 aliphatic carbocycles. The predicted molar refractivity (Wildman–Crippen MR) is 49.4 cm³/mol. The lowest BCUT2D eigenvalue weighted by molar-refractivity contribution is 0.564. The van der Waals surface area contributed by atoms with E-state index in [1.54, 1.807) is 12.1 Å². The first-order valence-electron chi connectivity index (χ1n) is 3.50. The van der Waals surface area contributed by atoms with E-state index in [4.69, 9.17) is 10.3 Å². The number of rotatable bonds is 1. The summed E-state index contributed by atoms with van der Waals surface area (Å²) in [6, 6.07) is 3.25. The van der Waals surface area contributed by atoms with Gasteiger partial charge in [0.2, 0.25) is 0 Å². The van der Waals surface area contributed by atoms with Gasteiger partial charge in [0.15, 0.2) is 11.1 Å². The molecule has 1 rings (SSSR count). The first-order chi connectivity index (χ1) is 5.52. The summed E-state index contributed by atoms with van der Waals surface area (Å²) in [5, 5.41) is 0. The van der Waals surface area contributed by atoms with Crippen LogP contribution in [-0.4, -0.2) is 8.76 Å². The van der Waals surface area contributed by atoms with Crippen molar-refractivity contribution in [3.63, 3.8) is 0 Å². The average Bonchev–Trinajstić information content (AvgIpc) is 1.99. The van der Waals surface area contributed by atoms with Crippen molar-refractivity contribution >= 4 is 16.8 Å². The summed E-state index contributed by atoms with van der Waals surface area (Å²) in [5.74, 6) is 0. The molecule has 1 unspecified atom stereocenters. The predicted octanol–water partition coefficient (Wildman–Crippen LogP) is 1.47. The molecule has 0 saturated carbocycles. The molecule has 0 radical (unpaired) electrons. The van der Waals surface area contributed by atoms with E-state index in [2.05, 4.69) is 0 Å². The highest BCUT2D eigenvalue weighted by Crippen LogP contribution is 2.19. The monoisotopic (exact) mass is 185 g/mol. The fraction of sp³-hybridized carbons (Fsp3) is 0.250. The van der Waals surface area contributed by atoms with Gasteiger partial charge < -0.3 is 10.3 Å². The molecule has 0 aliphatic rings. The van der Waals surface area contributed by atoms with E-state index in [1.807, 2.05) is 13.8 Å². The summed E-state index contributed by atoms with van der Waals surface area (Å²) in [5.41, 5.74) is 8.04. The highest BCUT2D eigenvalue weighted by atomic mass is 32.2. The highest BCUT2D eigenvalue weighted by molar-refractivity contribution is 7.79. The largest absolute Gasteiger partial charge is 0.398 e. The molecule has 1 atom stereocenters. The second-order valence-electron chi connectivity index (χ2n) is 2.72. The minimum absolute atomic E-state index is 0.402. The van der Waals surface area contributed by atoms with Crippen LogP contribution < -0.4 is 5.73 Å². The van der Waals surface area contributed by atoms with Crippen LogP contribution in [0.5, 0.6) is 0 Å². The van der Waals surface area contributed by atoms with Crippen molar-refractivity contribution < 1.29 is 8.76 Å². The van der Waals surface area contributed by atoms with Crippen LogP contribution in [0.2, 0.25) is 0 Å². The van der Waals surface area contributed by atoms with E-state index < -0.39 is 11.1 Å². The standard InChI is InChI=1S/C8H11NO2S/c1-5-3-7(12(10)11)4-6(2)8(5)9/h3-4H,9H2,1-2H3,(H,10,11). The minimum Gasteiger partial charge on any atom is -0.398 e. The summed E-state index contributed by atoms with van der Waals surface area (Å²) >= 11 is -1.91. The summed E-state index contributed by atoms with van der Waals surface area (Å²) in [6.07, 6.45) is 0. The third-order valence-electron chi connectivity index (χ3n) is 1.77. The number of anilines is 1. The van der Waals surface area contributed by atoms with E-state index in [1.165, 1.54) is 0 Å². The third kappa shape index (κ3) is 1.65. The van der Waals surface area contributed by atoms with Crippen LogP contribution in [0.25, 0.3) is 0 Å². The van der Waals surface area contributed by atoms with Crippen molar-refractivity contribution in [2.75, 3.05) is 5.73 Å². The molecule has 1 aromatic rings. The molecule has 1 aromatic carbocycles. The quantitative estimate of drug-likeness (QED) is 0.514. The van der Waals surface area contributed by atoms with E-state index in [0.717, 1.165) is 11.1 Å². The maximum Gasteiger partial charge on any atom is 0.186 e. The van der Waals surface area contributed by atoms with Crippen LogP contribution >= 0.6 is 0 Å². The van der Waals surface area contributed by atoms with Gasteiger partial charge in [-0.25, -0.2) is 4.21 Å². The maximum atomic E-state index is 10.7. The molecule has 12 heavy (non-hydrogen) atoms. The molecule has 0 aliphatic heterocycles. The smallest absolute Gasteiger partial charge is 0.186 e. The van der Waals surface area contributed by atoms with Gasteiger partial charge in [0, 0.05) is 5.69 Å². The molecule has 3 nitrogen and oxygen atoms in total. The van der Waals surface area contributed by atoms with Gasteiger partial charge >= 0.3 is 0 Å². The summed E-state index contributed by atoms with van der Waals surface area (Å²) in [7, 11) is 0. The normalized spacial score (nSPS) is 12.9. The van der Waals surface area contributed by atoms with Gasteiger partial charge in [-0.1, -0.05) is 0 Å². The van der Waals surface area contributed by atoms with Crippen molar-refractivity contribution in [1.29, 1.82) is 0 Å². The second kappa shape index (κ2) is 3.25. The van der Waals surface area contributed by atoms with Gasteiger partial charge in [-0.05, 0) is 37.1 Å². The number of aryl methyl sites for hydroxylation is 2. The van der Waals surface area contributed by atoms with Gasteiger partial charge in [-0.3, -0.25) is 0 Å². The van der Waals surface area contributed by atoms with Gasteiger partial charge in [0.1, 0.15) is 0 Å². The zero-order chi connectivity index (χ0) is 9.30. The second-order valence-corrected chi connectivity index (χ2v) is 3.69. The van der Waals surface area contributed by atoms with Gasteiger partial charge in [0.05, 0.1) is 4.90 Å². The Hall–Kier alpha value is -0.870.